The van der Waals surface area contributed by atoms with E-state index in [4.69, 9.17) is 27.6 Å². The molecule has 0 saturated carbocycles. The van der Waals surface area contributed by atoms with Crippen LogP contribution in [0.25, 0.3) is 11.5 Å². The molecule has 0 atom stereocenters. The number of aromatic nitrogens is 2. The summed E-state index contributed by atoms with van der Waals surface area (Å²) >= 11 is 12.0. The largest absolute Gasteiger partial charge is 0.403 e. The molecule has 0 fully saturated rings. The summed E-state index contributed by atoms with van der Waals surface area (Å²) in [5.74, 6) is -0.480. The van der Waals surface area contributed by atoms with Gasteiger partial charge in [-0.1, -0.05) is 34.4 Å². The van der Waals surface area contributed by atoms with E-state index < -0.39 is 21.0 Å². The second-order valence-electron chi connectivity index (χ2n) is 6.11. The van der Waals surface area contributed by atoms with Gasteiger partial charge in [-0.2, -0.15) is 0 Å². The van der Waals surface area contributed by atoms with Gasteiger partial charge in [-0.05, 0) is 50.2 Å². The van der Waals surface area contributed by atoms with Crippen LogP contribution in [0.4, 0.5) is 6.01 Å². The van der Waals surface area contributed by atoms with Gasteiger partial charge in [0.2, 0.25) is 0 Å². The number of hydrogen-bond donors (Lipinski definition) is 1. The van der Waals surface area contributed by atoms with Crippen LogP contribution >= 0.6 is 23.2 Å². The Kier molecular flexibility index (Phi) is 5.74. The number of carbonyl (C=O) groups excluding carboxylic acids is 1. The average molecular weight is 440 g/mol. The highest BCUT2D eigenvalue weighted by atomic mass is 35.5. The first-order chi connectivity index (χ1) is 13.2. The molecule has 0 saturated heterocycles. The maximum atomic E-state index is 12.4. The Hall–Kier alpha value is -2.42. The zero-order valence-corrected chi connectivity index (χ0v) is 17.1. The van der Waals surface area contributed by atoms with Crippen molar-refractivity contribution in [3.8, 4) is 11.5 Å². The van der Waals surface area contributed by atoms with Crippen molar-refractivity contribution < 1.29 is 17.6 Å². The number of nitrogens with zero attached hydrogens (tertiary/aromatic N) is 2. The number of hydrogen-bond acceptors (Lipinski definition) is 6. The van der Waals surface area contributed by atoms with Crippen molar-refractivity contribution in [1.82, 2.24) is 10.2 Å². The zero-order chi connectivity index (χ0) is 20.5. The highest BCUT2D eigenvalue weighted by molar-refractivity contribution is 7.92. The van der Waals surface area contributed by atoms with Gasteiger partial charge in [-0.3, -0.25) is 10.1 Å². The fraction of sp³-hybridized carbons (Fsp3) is 0.167. The molecule has 2 aromatic carbocycles. The fourth-order valence-corrected chi connectivity index (χ4v) is 3.89. The SMILES string of the molecule is CC(C)S(=O)(=O)c1cccc(C(=O)Nc2nnc(-c3ccc(Cl)cc3Cl)o2)c1. The van der Waals surface area contributed by atoms with Crippen LogP contribution in [0.3, 0.4) is 0 Å². The van der Waals surface area contributed by atoms with Crippen LogP contribution in [0.5, 0.6) is 0 Å². The van der Waals surface area contributed by atoms with Gasteiger partial charge in [0, 0.05) is 10.6 Å². The van der Waals surface area contributed by atoms with Gasteiger partial charge in [0.15, 0.2) is 9.84 Å². The number of amides is 1. The van der Waals surface area contributed by atoms with E-state index in [9.17, 15) is 13.2 Å². The lowest BCUT2D eigenvalue weighted by Crippen LogP contribution is -2.16. The van der Waals surface area contributed by atoms with E-state index in [1.54, 1.807) is 26.0 Å². The van der Waals surface area contributed by atoms with Crippen LogP contribution in [0.15, 0.2) is 51.8 Å². The lowest BCUT2D eigenvalue weighted by atomic mass is 10.2. The molecule has 7 nitrogen and oxygen atoms in total. The summed E-state index contributed by atoms with van der Waals surface area (Å²) in [5, 5.41) is 10.2. The van der Waals surface area contributed by atoms with Crippen molar-refractivity contribution in [3.63, 3.8) is 0 Å². The molecule has 1 heterocycles. The molecule has 1 amide bonds. The van der Waals surface area contributed by atoms with Crippen molar-refractivity contribution in [2.75, 3.05) is 5.32 Å². The number of benzene rings is 2. The van der Waals surface area contributed by atoms with Crippen molar-refractivity contribution >= 4 is 45.0 Å². The van der Waals surface area contributed by atoms with Gasteiger partial charge in [-0.15, -0.1) is 5.10 Å². The Bertz CT molecular complexity index is 1140. The van der Waals surface area contributed by atoms with Crippen molar-refractivity contribution in [2.24, 2.45) is 0 Å². The summed E-state index contributed by atoms with van der Waals surface area (Å²) < 4.78 is 30.0. The molecule has 1 aromatic heterocycles. The number of halogens is 2. The Balaban J connectivity index is 1.82. The molecular weight excluding hydrogens is 425 g/mol. The first-order valence-corrected chi connectivity index (χ1v) is 10.4. The maximum absolute atomic E-state index is 12.4. The van der Waals surface area contributed by atoms with Gasteiger partial charge >= 0.3 is 6.01 Å². The van der Waals surface area contributed by atoms with Crippen LogP contribution in [0.2, 0.25) is 10.0 Å². The fourth-order valence-electron chi connectivity index (χ4n) is 2.30. The van der Waals surface area contributed by atoms with Crippen LogP contribution in [-0.4, -0.2) is 29.8 Å². The van der Waals surface area contributed by atoms with Crippen molar-refractivity contribution in [2.45, 2.75) is 24.0 Å². The summed E-state index contributed by atoms with van der Waals surface area (Å²) in [7, 11) is -3.50. The number of rotatable bonds is 5. The minimum atomic E-state index is -3.50. The highest BCUT2D eigenvalue weighted by Crippen LogP contribution is 2.30. The van der Waals surface area contributed by atoms with Crippen LogP contribution < -0.4 is 5.32 Å². The lowest BCUT2D eigenvalue weighted by Gasteiger charge is -2.09. The van der Waals surface area contributed by atoms with E-state index in [1.165, 1.54) is 30.3 Å². The molecule has 0 aliphatic heterocycles. The quantitative estimate of drug-likeness (QED) is 0.628. The number of nitrogens with one attached hydrogen (secondary N) is 1. The summed E-state index contributed by atoms with van der Waals surface area (Å²) in [6.45, 7) is 3.15. The van der Waals surface area contributed by atoms with Gasteiger partial charge in [-0.25, -0.2) is 8.42 Å². The normalized spacial score (nSPS) is 11.6. The van der Waals surface area contributed by atoms with E-state index in [2.05, 4.69) is 15.5 Å². The molecule has 0 radical (unpaired) electrons. The molecule has 0 bridgehead atoms. The smallest absolute Gasteiger partial charge is 0.322 e. The molecule has 3 aromatic rings. The molecule has 0 aliphatic rings. The van der Waals surface area contributed by atoms with E-state index >= 15 is 0 Å². The Labute approximate surface area is 171 Å². The minimum Gasteiger partial charge on any atom is -0.403 e. The second kappa shape index (κ2) is 7.90. The first kappa shape index (κ1) is 20.3. The third-order valence-corrected chi connectivity index (χ3v) is 6.55. The lowest BCUT2D eigenvalue weighted by molar-refractivity contribution is 0.102. The summed E-state index contributed by atoms with van der Waals surface area (Å²) in [6, 6.07) is 10.3. The van der Waals surface area contributed by atoms with Crippen LogP contribution in [0.1, 0.15) is 24.2 Å². The topological polar surface area (TPSA) is 102 Å². The molecule has 1 N–H and O–H groups in total. The van der Waals surface area contributed by atoms with E-state index in [-0.39, 0.29) is 22.4 Å². The molecular formula is C18H15Cl2N3O4S. The Morgan fingerprint density at radius 1 is 1.11 bits per heavy atom. The van der Waals surface area contributed by atoms with Gasteiger partial charge < -0.3 is 4.42 Å². The number of sulfone groups is 1. The molecule has 28 heavy (non-hydrogen) atoms. The molecule has 0 spiro atoms. The maximum Gasteiger partial charge on any atom is 0.322 e. The first-order valence-electron chi connectivity index (χ1n) is 8.12. The van der Waals surface area contributed by atoms with Crippen molar-refractivity contribution in [3.05, 3.63) is 58.1 Å². The van der Waals surface area contributed by atoms with Gasteiger partial charge in [0.25, 0.3) is 11.8 Å². The van der Waals surface area contributed by atoms with Crippen LogP contribution in [0, 0.1) is 0 Å². The summed E-state index contributed by atoms with van der Waals surface area (Å²) in [4.78, 5) is 12.5. The average Bonchev–Trinajstić information content (AvgIpc) is 3.09. The second-order valence-corrected chi connectivity index (χ2v) is 9.46. The third-order valence-electron chi connectivity index (χ3n) is 3.85. The molecule has 3 rings (SSSR count). The monoisotopic (exact) mass is 439 g/mol. The van der Waals surface area contributed by atoms with E-state index in [1.807, 2.05) is 0 Å². The van der Waals surface area contributed by atoms with Crippen LogP contribution in [-0.2, 0) is 9.84 Å². The Morgan fingerprint density at radius 3 is 2.54 bits per heavy atom. The summed E-state index contributed by atoms with van der Waals surface area (Å²) in [5.41, 5.74) is 0.607. The molecule has 10 heteroatoms. The Morgan fingerprint density at radius 2 is 1.86 bits per heavy atom. The van der Waals surface area contributed by atoms with Crippen molar-refractivity contribution in [1.29, 1.82) is 0 Å². The van der Waals surface area contributed by atoms with Gasteiger partial charge in [0.05, 0.1) is 20.7 Å². The highest BCUT2D eigenvalue weighted by Gasteiger charge is 2.21. The summed E-state index contributed by atoms with van der Waals surface area (Å²) in [6.07, 6.45) is 0. The molecule has 0 unspecified atom stereocenters. The molecule has 146 valence electrons. The number of carbonyl (C=O) groups is 1. The standard InChI is InChI=1S/C18H15Cl2N3O4S/c1-10(2)28(25,26)13-5-3-4-11(8-13)16(24)21-18-23-22-17(27-18)14-7-6-12(19)9-15(14)20/h3-10H,1-2H3,(H,21,23,24). The predicted octanol–water partition coefficient (Wildman–Crippen LogP) is 4.48. The van der Waals surface area contributed by atoms with Gasteiger partial charge in [0.1, 0.15) is 0 Å². The van der Waals surface area contributed by atoms with E-state index in [0.29, 0.717) is 15.6 Å². The number of anilines is 1. The third kappa shape index (κ3) is 4.19. The predicted molar refractivity (Wildman–Crippen MR) is 106 cm³/mol. The van der Waals surface area contributed by atoms with E-state index in [0.717, 1.165) is 0 Å². The molecule has 0 aliphatic carbocycles. The zero-order valence-electron chi connectivity index (χ0n) is 14.8. The minimum absolute atomic E-state index is 0.0642.